The van der Waals surface area contributed by atoms with Crippen LogP contribution >= 0.6 is 0 Å². The second-order valence-electron chi connectivity index (χ2n) is 6.79. The molecule has 136 valence electrons. The third kappa shape index (κ3) is 4.34. The second kappa shape index (κ2) is 7.91. The summed E-state index contributed by atoms with van der Waals surface area (Å²) in [6.07, 6.45) is 3.29. The molecule has 1 aromatic rings. The minimum absolute atomic E-state index is 0.0231. The normalized spacial score (nSPS) is 23.8. The Kier molecular flexibility index (Phi) is 5.63. The lowest BCUT2D eigenvalue weighted by Crippen LogP contribution is -2.36. The van der Waals surface area contributed by atoms with Crippen molar-refractivity contribution in [1.82, 2.24) is 10.6 Å². The molecule has 2 atom stereocenters. The zero-order valence-corrected chi connectivity index (χ0v) is 14.1. The van der Waals surface area contributed by atoms with E-state index in [1.165, 1.54) is 17.4 Å². The fourth-order valence-electron chi connectivity index (χ4n) is 3.53. The number of benzene rings is 1. The molecule has 0 spiro atoms. The van der Waals surface area contributed by atoms with E-state index in [0.29, 0.717) is 12.5 Å². The summed E-state index contributed by atoms with van der Waals surface area (Å²) in [6, 6.07) is 3.09. The number of nitrogens with one attached hydrogen (secondary N) is 2. The molecule has 2 unspecified atom stereocenters. The Bertz CT molecular complexity index is 647. The molecule has 2 amide bonds. The van der Waals surface area contributed by atoms with Crippen molar-refractivity contribution in [3.8, 4) is 0 Å². The van der Waals surface area contributed by atoms with Gasteiger partial charge >= 0.3 is 0 Å². The van der Waals surface area contributed by atoms with Gasteiger partial charge in [-0.3, -0.25) is 9.59 Å². The van der Waals surface area contributed by atoms with Gasteiger partial charge in [-0.2, -0.15) is 0 Å². The quantitative estimate of drug-likeness (QED) is 0.851. The van der Waals surface area contributed by atoms with Crippen LogP contribution in [-0.4, -0.2) is 38.0 Å². The number of carbonyl (C=O) groups excluding carboxylic acids is 2. The van der Waals surface area contributed by atoms with Gasteiger partial charge in [-0.05, 0) is 50.4 Å². The molecule has 5 nitrogen and oxygen atoms in total. The van der Waals surface area contributed by atoms with E-state index in [9.17, 15) is 18.4 Å². The molecule has 7 heteroatoms. The molecule has 2 saturated heterocycles. The molecular formula is C18H23F2N3O2. The molecule has 0 bridgehead atoms. The van der Waals surface area contributed by atoms with Gasteiger partial charge in [0.25, 0.3) is 0 Å². The molecule has 3 rings (SSSR count). The fraction of sp³-hybridized carbons (Fsp3) is 0.556. The van der Waals surface area contributed by atoms with Crippen molar-refractivity contribution in [3.63, 3.8) is 0 Å². The molecule has 2 heterocycles. The van der Waals surface area contributed by atoms with Crippen molar-refractivity contribution in [2.45, 2.75) is 25.7 Å². The van der Waals surface area contributed by atoms with E-state index in [4.69, 9.17) is 0 Å². The van der Waals surface area contributed by atoms with Crippen LogP contribution in [0.5, 0.6) is 0 Å². The van der Waals surface area contributed by atoms with Crippen LogP contribution in [0.3, 0.4) is 0 Å². The number of hydrogen-bond donors (Lipinski definition) is 2. The zero-order chi connectivity index (χ0) is 17.8. The Morgan fingerprint density at radius 3 is 2.92 bits per heavy atom. The lowest BCUT2D eigenvalue weighted by molar-refractivity contribution is -0.126. The molecule has 0 saturated carbocycles. The lowest BCUT2D eigenvalue weighted by Gasteiger charge is -2.23. The third-order valence-corrected chi connectivity index (χ3v) is 4.95. The highest BCUT2D eigenvalue weighted by atomic mass is 19.1. The van der Waals surface area contributed by atoms with Gasteiger partial charge in [-0.15, -0.1) is 0 Å². The first kappa shape index (κ1) is 17.8. The fourth-order valence-corrected chi connectivity index (χ4v) is 3.53. The number of amides is 2. The number of halogens is 2. The van der Waals surface area contributed by atoms with Crippen molar-refractivity contribution >= 4 is 17.5 Å². The molecule has 0 aromatic heterocycles. The van der Waals surface area contributed by atoms with Crippen LogP contribution in [0, 0.1) is 23.5 Å². The average Bonchev–Trinajstić information content (AvgIpc) is 2.97. The van der Waals surface area contributed by atoms with Crippen LogP contribution in [-0.2, 0) is 9.59 Å². The van der Waals surface area contributed by atoms with Crippen molar-refractivity contribution in [1.29, 1.82) is 0 Å². The molecule has 2 aliphatic heterocycles. The Balaban J connectivity index is 1.51. The first-order valence-electron chi connectivity index (χ1n) is 8.78. The first-order valence-corrected chi connectivity index (χ1v) is 8.78. The number of rotatable bonds is 5. The van der Waals surface area contributed by atoms with E-state index >= 15 is 0 Å². The molecular weight excluding hydrogens is 328 g/mol. The highest BCUT2D eigenvalue weighted by molar-refractivity contribution is 6.00. The summed E-state index contributed by atoms with van der Waals surface area (Å²) in [5.41, 5.74) is 0.0231. The van der Waals surface area contributed by atoms with Gasteiger partial charge in [0.1, 0.15) is 11.6 Å². The summed E-state index contributed by atoms with van der Waals surface area (Å²) in [7, 11) is 0. The summed E-state index contributed by atoms with van der Waals surface area (Å²) < 4.78 is 26.9. The molecule has 2 N–H and O–H groups in total. The molecule has 2 aliphatic rings. The highest BCUT2D eigenvalue weighted by Gasteiger charge is 2.36. The summed E-state index contributed by atoms with van der Waals surface area (Å²) in [4.78, 5) is 25.6. The number of nitrogens with zero attached hydrogens (tertiary/aromatic N) is 1. The third-order valence-electron chi connectivity index (χ3n) is 4.95. The van der Waals surface area contributed by atoms with Gasteiger partial charge in [0.05, 0.1) is 11.6 Å². The lowest BCUT2D eigenvalue weighted by atomic mass is 9.96. The van der Waals surface area contributed by atoms with Crippen molar-refractivity contribution < 1.29 is 18.4 Å². The topological polar surface area (TPSA) is 61.4 Å². The van der Waals surface area contributed by atoms with E-state index in [1.54, 1.807) is 0 Å². The number of anilines is 1. The van der Waals surface area contributed by atoms with Crippen molar-refractivity contribution in [3.05, 3.63) is 29.8 Å². The van der Waals surface area contributed by atoms with Gasteiger partial charge in [-0.25, -0.2) is 8.78 Å². The molecule has 0 radical (unpaired) electrons. The minimum atomic E-state index is -0.792. The smallest absolute Gasteiger partial charge is 0.227 e. The van der Waals surface area contributed by atoms with Crippen LogP contribution in [0.2, 0.25) is 0 Å². The molecule has 25 heavy (non-hydrogen) atoms. The monoisotopic (exact) mass is 351 g/mol. The molecule has 0 aliphatic carbocycles. The van der Waals surface area contributed by atoms with E-state index in [2.05, 4.69) is 10.6 Å². The van der Waals surface area contributed by atoms with Crippen LogP contribution < -0.4 is 15.5 Å². The number of carbonyl (C=O) groups is 2. The first-order chi connectivity index (χ1) is 12.0. The Labute approximate surface area is 145 Å². The van der Waals surface area contributed by atoms with Gasteiger partial charge in [0.2, 0.25) is 11.8 Å². The van der Waals surface area contributed by atoms with Crippen LogP contribution in [0.25, 0.3) is 0 Å². The van der Waals surface area contributed by atoms with E-state index in [0.717, 1.165) is 38.1 Å². The minimum Gasteiger partial charge on any atom is -0.356 e. The zero-order valence-electron chi connectivity index (χ0n) is 14.1. The Morgan fingerprint density at radius 1 is 1.36 bits per heavy atom. The maximum Gasteiger partial charge on any atom is 0.227 e. The van der Waals surface area contributed by atoms with E-state index in [-0.39, 0.29) is 30.5 Å². The van der Waals surface area contributed by atoms with Gasteiger partial charge in [0, 0.05) is 25.6 Å². The number of hydrogen-bond acceptors (Lipinski definition) is 3. The average molecular weight is 351 g/mol. The van der Waals surface area contributed by atoms with Gasteiger partial charge in [-0.1, -0.05) is 0 Å². The molecule has 2 fully saturated rings. The predicted octanol–water partition coefficient (Wildman–Crippen LogP) is 1.82. The maximum absolute atomic E-state index is 13.9. The van der Waals surface area contributed by atoms with Gasteiger partial charge < -0.3 is 15.5 Å². The largest absolute Gasteiger partial charge is 0.356 e. The van der Waals surface area contributed by atoms with Crippen LogP contribution in [0.4, 0.5) is 14.5 Å². The van der Waals surface area contributed by atoms with Crippen molar-refractivity contribution in [2.75, 3.05) is 31.1 Å². The standard InChI is InChI=1S/C18H23F2N3O2/c19-14-3-4-16(15(20)9-14)23-11-13(8-17(23)24)18(25)22-7-5-12-2-1-6-21-10-12/h3-4,9,12-13,21H,1-2,5-8,10-11H2,(H,22,25). The molecule has 1 aromatic carbocycles. The van der Waals surface area contributed by atoms with Crippen LogP contribution in [0.15, 0.2) is 18.2 Å². The van der Waals surface area contributed by atoms with Crippen LogP contribution in [0.1, 0.15) is 25.7 Å². The summed E-state index contributed by atoms with van der Waals surface area (Å²) in [5.74, 6) is -1.91. The summed E-state index contributed by atoms with van der Waals surface area (Å²) >= 11 is 0. The number of piperidine rings is 1. The SMILES string of the molecule is O=C(NCCC1CCCNC1)C1CC(=O)N(c2ccc(F)cc2F)C1. The van der Waals surface area contributed by atoms with Gasteiger partial charge in [0.15, 0.2) is 0 Å². The summed E-state index contributed by atoms with van der Waals surface area (Å²) in [6.45, 7) is 2.75. The maximum atomic E-state index is 13.9. The Hall–Kier alpha value is -2.02. The van der Waals surface area contributed by atoms with E-state index < -0.39 is 17.6 Å². The van der Waals surface area contributed by atoms with E-state index in [1.807, 2.05) is 0 Å². The second-order valence-corrected chi connectivity index (χ2v) is 6.79. The highest BCUT2D eigenvalue weighted by Crippen LogP contribution is 2.28. The predicted molar refractivity (Wildman–Crippen MR) is 90.0 cm³/mol. The Morgan fingerprint density at radius 2 is 2.20 bits per heavy atom. The summed E-state index contributed by atoms with van der Waals surface area (Å²) in [5, 5.41) is 6.23. The van der Waals surface area contributed by atoms with Crippen molar-refractivity contribution in [2.24, 2.45) is 11.8 Å².